The van der Waals surface area contributed by atoms with Gasteiger partial charge in [-0.25, -0.2) is 4.98 Å². The Morgan fingerprint density at radius 3 is 2.86 bits per heavy atom. The van der Waals surface area contributed by atoms with Crippen LogP contribution in [0.3, 0.4) is 0 Å². The number of hydrogen-bond donors (Lipinski definition) is 1. The molecule has 0 radical (unpaired) electrons. The van der Waals surface area contributed by atoms with Crippen LogP contribution in [-0.2, 0) is 0 Å². The fraction of sp³-hybridized carbons (Fsp3) is 0.545. The summed E-state index contributed by atoms with van der Waals surface area (Å²) in [4.78, 5) is 4.30. The zero-order valence-corrected chi connectivity index (χ0v) is 9.50. The fourth-order valence-corrected chi connectivity index (χ4v) is 3.03. The Hall–Kier alpha value is -0.410. The quantitative estimate of drug-likeness (QED) is 0.777. The third-order valence-electron chi connectivity index (χ3n) is 3.48. The SMILES string of the molecule is Brc1ccc([C@@H]2C[C@H]3CC[C@@H]2N3)cn1. The molecule has 1 N–H and O–H groups in total. The van der Waals surface area contributed by atoms with Crippen molar-refractivity contribution in [2.45, 2.75) is 37.3 Å². The van der Waals surface area contributed by atoms with Crippen molar-refractivity contribution in [1.29, 1.82) is 0 Å². The fourth-order valence-electron chi connectivity index (χ4n) is 2.80. The molecule has 2 aliphatic rings. The molecule has 3 atom stereocenters. The van der Waals surface area contributed by atoms with E-state index in [4.69, 9.17) is 0 Å². The summed E-state index contributed by atoms with van der Waals surface area (Å²) in [6.45, 7) is 0. The molecule has 0 spiro atoms. The predicted octanol–water partition coefficient (Wildman–Crippen LogP) is 2.45. The minimum atomic E-state index is 0.703. The largest absolute Gasteiger partial charge is 0.311 e. The smallest absolute Gasteiger partial charge is 0.106 e. The van der Waals surface area contributed by atoms with Crippen LogP contribution in [0.25, 0.3) is 0 Å². The summed E-state index contributed by atoms with van der Waals surface area (Å²) in [6, 6.07) is 5.72. The first-order valence-electron chi connectivity index (χ1n) is 5.20. The highest BCUT2D eigenvalue weighted by atomic mass is 79.9. The van der Waals surface area contributed by atoms with E-state index in [-0.39, 0.29) is 0 Å². The monoisotopic (exact) mass is 252 g/mol. The van der Waals surface area contributed by atoms with Gasteiger partial charge >= 0.3 is 0 Å². The molecule has 2 nitrogen and oxygen atoms in total. The Kier molecular flexibility index (Phi) is 2.10. The molecular weight excluding hydrogens is 240 g/mol. The lowest BCUT2D eigenvalue weighted by Crippen LogP contribution is -2.21. The predicted molar refractivity (Wildman–Crippen MR) is 59.2 cm³/mol. The second kappa shape index (κ2) is 3.31. The van der Waals surface area contributed by atoms with E-state index in [1.54, 1.807) is 0 Å². The second-order valence-corrected chi connectivity index (χ2v) is 5.12. The molecule has 0 saturated carbocycles. The van der Waals surface area contributed by atoms with Crippen molar-refractivity contribution in [2.75, 3.05) is 0 Å². The molecule has 2 aliphatic heterocycles. The van der Waals surface area contributed by atoms with Gasteiger partial charge in [0.15, 0.2) is 0 Å². The van der Waals surface area contributed by atoms with Gasteiger partial charge in [0.1, 0.15) is 4.60 Å². The van der Waals surface area contributed by atoms with E-state index in [1.165, 1.54) is 24.8 Å². The molecule has 1 aromatic rings. The van der Waals surface area contributed by atoms with Crippen molar-refractivity contribution in [1.82, 2.24) is 10.3 Å². The summed E-state index contributed by atoms with van der Waals surface area (Å²) in [6.07, 6.45) is 6.02. The van der Waals surface area contributed by atoms with Crippen LogP contribution in [-0.4, -0.2) is 17.1 Å². The molecule has 2 bridgehead atoms. The minimum Gasteiger partial charge on any atom is -0.311 e. The third-order valence-corrected chi connectivity index (χ3v) is 3.95. The Morgan fingerprint density at radius 2 is 2.29 bits per heavy atom. The molecule has 14 heavy (non-hydrogen) atoms. The summed E-state index contributed by atoms with van der Waals surface area (Å²) in [7, 11) is 0. The average molecular weight is 253 g/mol. The first-order chi connectivity index (χ1) is 6.83. The van der Waals surface area contributed by atoms with Crippen molar-refractivity contribution < 1.29 is 0 Å². The molecule has 0 aromatic carbocycles. The maximum atomic E-state index is 4.30. The maximum absolute atomic E-state index is 4.30. The van der Waals surface area contributed by atoms with Crippen LogP contribution in [0.15, 0.2) is 22.9 Å². The summed E-state index contributed by atoms with van der Waals surface area (Å²) in [5.74, 6) is 0.703. The average Bonchev–Trinajstić information content (AvgIpc) is 2.80. The molecule has 3 heteroatoms. The molecule has 2 fully saturated rings. The molecule has 0 amide bonds. The van der Waals surface area contributed by atoms with Crippen molar-refractivity contribution in [3.8, 4) is 0 Å². The van der Waals surface area contributed by atoms with Crippen LogP contribution in [0.5, 0.6) is 0 Å². The topological polar surface area (TPSA) is 24.9 Å². The van der Waals surface area contributed by atoms with Crippen molar-refractivity contribution in [3.63, 3.8) is 0 Å². The first kappa shape index (κ1) is 8.86. The standard InChI is InChI=1S/C11H13BrN2/c12-11-4-1-7(6-13-11)9-5-8-2-3-10(9)14-8/h1,4,6,8-10,14H,2-3,5H2/t8-,9+,10+/m1/s1. The summed E-state index contributed by atoms with van der Waals surface area (Å²) in [5, 5.41) is 3.65. The van der Waals surface area contributed by atoms with Crippen LogP contribution in [0.1, 0.15) is 30.7 Å². The highest BCUT2D eigenvalue weighted by Gasteiger charge is 2.39. The van der Waals surface area contributed by atoms with E-state index in [0.29, 0.717) is 12.0 Å². The molecule has 1 aromatic heterocycles. The van der Waals surface area contributed by atoms with Gasteiger partial charge in [0, 0.05) is 24.2 Å². The van der Waals surface area contributed by atoms with Crippen molar-refractivity contribution >= 4 is 15.9 Å². The van der Waals surface area contributed by atoms with Crippen molar-refractivity contribution in [2.24, 2.45) is 0 Å². The van der Waals surface area contributed by atoms with E-state index in [0.717, 1.165) is 10.6 Å². The zero-order chi connectivity index (χ0) is 9.54. The minimum absolute atomic E-state index is 0.703. The Morgan fingerprint density at radius 1 is 1.36 bits per heavy atom. The van der Waals surface area contributed by atoms with Gasteiger partial charge in [0.25, 0.3) is 0 Å². The number of nitrogens with one attached hydrogen (secondary N) is 1. The molecule has 0 aliphatic carbocycles. The van der Waals surface area contributed by atoms with Gasteiger partial charge in [-0.3, -0.25) is 0 Å². The lowest BCUT2D eigenvalue weighted by molar-refractivity contribution is 0.505. The van der Waals surface area contributed by atoms with Crippen LogP contribution in [0.2, 0.25) is 0 Å². The Labute approximate surface area is 92.2 Å². The van der Waals surface area contributed by atoms with Gasteiger partial charge in [-0.2, -0.15) is 0 Å². The Balaban J connectivity index is 1.86. The molecular formula is C11H13BrN2. The second-order valence-electron chi connectivity index (χ2n) is 4.30. The molecule has 3 heterocycles. The van der Waals surface area contributed by atoms with Crippen LogP contribution in [0, 0.1) is 0 Å². The normalized spacial score (nSPS) is 35.1. The first-order valence-corrected chi connectivity index (χ1v) is 6.00. The lowest BCUT2D eigenvalue weighted by atomic mass is 9.85. The lowest BCUT2D eigenvalue weighted by Gasteiger charge is -2.19. The van der Waals surface area contributed by atoms with Crippen LogP contribution >= 0.6 is 15.9 Å². The van der Waals surface area contributed by atoms with Crippen molar-refractivity contribution in [3.05, 3.63) is 28.5 Å². The summed E-state index contributed by atoms with van der Waals surface area (Å²) < 4.78 is 0.928. The molecule has 3 rings (SSSR count). The van der Waals surface area contributed by atoms with Gasteiger partial charge in [-0.05, 0) is 46.8 Å². The van der Waals surface area contributed by atoms with E-state index in [2.05, 4.69) is 32.3 Å². The van der Waals surface area contributed by atoms with Crippen LogP contribution in [0.4, 0.5) is 0 Å². The number of aromatic nitrogens is 1. The summed E-state index contributed by atoms with van der Waals surface area (Å²) >= 11 is 3.37. The summed E-state index contributed by atoms with van der Waals surface area (Å²) in [5.41, 5.74) is 1.40. The van der Waals surface area contributed by atoms with E-state index >= 15 is 0 Å². The number of fused-ring (bicyclic) bond motifs is 2. The molecule has 74 valence electrons. The highest BCUT2D eigenvalue weighted by Crippen LogP contribution is 2.39. The molecule has 0 unspecified atom stereocenters. The van der Waals surface area contributed by atoms with E-state index in [9.17, 15) is 0 Å². The van der Waals surface area contributed by atoms with Gasteiger partial charge < -0.3 is 5.32 Å². The van der Waals surface area contributed by atoms with Gasteiger partial charge in [0.2, 0.25) is 0 Å². The number of nitrogens with zero attached hydrogens (tertiary/aromatic N) is 1. The van der Waals surface area contributed by atoms with E-state index < -0.39 is 0 Å². The van der Waals surface area contributed by atoms with Gasteiger partial charge in [-0.15, -0.1) is 0 Å². The van der Waals surface area contributed by atoms with Gasteiger partial charge in [0.05, 0.1) is 0 Å². The third kappa shape index (κ3) is 1.39. The number of pyridine rings is 1. The number of rotatable bonds is 1. The van der Waals surface area contributed by atoms with E-state index in [1.807, 2.05) is 12.3 Å². The zero-order valence-electron chi connectivity index (χ0n) is 7.91. The van der Waals surface area contributed by atoms with Crippen LogP contribution < -0.4 is 5.32 Å². The number of hydrogen-bond acceptors (Lipinski definition) is 2. The maximum Gasteiger partial charge on any atom is 0.106 e. The van der Waals surface area contributed by atoms with Gasteiger partial charge in [-0.1, -0.05) is 6.07 Å². The number of halogens is 1. The molecule has 2 saturated heterocycles. The highest BCUT2D eigenvalue weighted by molar-refractivity contribution is 9.10. The Bertz CT molecular complexity index is 336.